The third kappa shape index (κ3) is 5.02. The molecule has 4 rings (SSSR count). The summed E-state index contributed by atoms with van der Waals surface area (Å²) in [4.78, 5) is 12.7. The Morgan fingerprint density at radius 2 is 1.83 bits per heavy atom. The Morgan fingerprint density at radius 1 is 1.14 bits per heavy atom. The van der Waals surface area contributed by atoms with Gasteiger partial charge in [0.15, 0.2) is 11.7 Å². The summed E-state index contributed by atoms with van der Waals surface area (Å²) in [6.07, 6.45) is -9.80. The predicted molar refractivity (Wildman–Crippen MR) is 116 cm³/mol. The zero-order valence-corrected chi connectivity index (χ0v) is 18.6. The van der Waals surface area contributed by atoms with E-state index in [1.54, 1.807) is 24.3 Å². The summed E-state index contributed by atoms with van der Waals surface area (Å²) in [5.41, 5.74) is -1.26. The molecule has 186 valence electrons. The number of halogens is 7. The molecule has 13 heteroatoms. The van der Waals surface area contributed by atoms with Gasteiger partial charge in [-0.3, -0.25) is 4.79 Å². The number of hydrogen-bond donors (Lipinski definition) is 2. The van der Waals surface area contributed by atoms with Crippen molar-refractivity contribution in [2.75, 3.05) is 17.7 Å². The molecular weight excluding hydrogens is 502 g/mol. The molecule has 2 N–H and O–H groups in total. The quantitative estimate of drug-likeness (QED) is 0.388. The number of ether oxygens (including phenoxy) is 1. The molecule has 1 amide bonds. The second kappa shape index (κ2) is 8.99. The molecule has 0 saturated heterocycles. The van der Waals surface area contributed by atoms with Crippen LogP contribution in [-0.4, -0.2) is 29.0 Å². The van der Waals surface area contributed by atoms with Gasteiger partial charge in [0.05, 0.1) is 18.7 Å². The summed E-state index contributed by atoms with van der Waals surface area (Å²) in [7, 11) is 1.46. The van der Waals surface area contributed by atoms with Crippen LogP contribution < -0.4 is 15.4 Å². The van der Waals surface area contributed by atoms with Crippen molar-refractivity contribution in [2.24, 2.45) is 0 Å². The van der Waals surface area contributed by atoms with Crippen molar-refractivity contribution in [1.29, 1.82) is 0 Å². The Bertz CT molecular complexity index is 1240. The van der Waals surface area contributed by atoms with Crippen LogP contribution in [-0.2, 0) is 6.18 Å². The number of fused-ring (bicyclic) bond motifs is 1. The zero-order valence-electron chi connectivity index (χ0n) is 17.8. The standard InChI is InChI=1S/C22H17ClF6N4O2/c1-35-14-7-5-11(6-8-14)15-10-16(22(27,28)29)33-19(31-15)17(23)18(32-33)20(34)30-13-4-2-3-12(9-13)21(24,25)26/h2-9,15-16,31H,10H2,1H3,(H,30,34)/t15-,16+/m1/s1. The summed E-state index contributed by atoms with van der Waals surface area (Å²) in [6.45, 7) is 0. The fraction of sp³-hybridized carbons (Fsp3) is 0.273. The van der Waals surface area contributed by atoms with Gasteiger partial charge in [-0.15, -0.1) is 0 Å². The van der Waals surface area contributed by atoms with Crippen molar-refractivity contribution in [3.63, 3.8) is 0 Å². The molecule has 1 aliphatic heterocycles. The van der Waals surface area contributed by atoms with Crippen LogP contribution in [0.15, 0.2) is 48.5 Å². The first-order valence-corrected chi connectivity index (χ1v) is 10.5. The molecule has 0 fully saturated rings. The lowest BCUT2D eigenvalue weighted by molar-refractivity contribution is -0.173. The second-order valence-corrected chi connectivity index (χ2v) is 8.13. The van der Waals surface area contributed by atoms with E-state index < -0.39 is 48.0 Å². The second-order valence-electron chi connectivity index (χ2n) is 7.75. The molecule has 0 aliphatic carbocycles. The van der Waals surface area contributed by atoms with E-state index in [0.29, 0.717) is 22.1 Å². The Hall–Kier alpha value is -3.41. The molecule has 0 radical (unpaired) electrons. The maximum Gasteiger partial charge on any atom is 0.416 e. The topological polar surface area (TPSA) is 68.2 Å². The minimum atomic E-state index is -4.72. The number of rotatable bonds is 4. The molecule has 2 atom stereocenters. The summed E-state index contributed by atoms with van der Waals surface area (Å²) in [5, 5.41) is 8.48. The molecular formula is C22H17ClF6N4O2. The van der Waals surface area contributed by atoms with Gasteiger partial charge in [-0.25, -0.2) is 4.68 Å². The molecule has 0 saturated carbocycles. The number of methoxy groups -OCH3 is 1. The number of amides is 1. The van der Waals surface area contributed by atoms with Crippen LogP contribution in [0.25, 0.3) is 0 Å². The van der Waals surface area contributed by atoms with Crippen LogP contribution in [0.2, 0.25) is 5.02 Å². The van der Waals surface area contributed by atoms with Gasteiger partial charge in [-0.1, -0.05) is 29.8 Å². The van der Waals surface area contributed by atoms with E-state index in [4.69, 9.17) is 16.3 Å². The van der Waals surface area contributed by atoms with Crippen LogP contribution in [0.5, 0.6) is 5.75 Å². The lowest BCUT2D eigenvalue weighted by atomic mass is 9.97. The number of nitrogens with one attached hydrogen (secondary N) is 2. The van der Waals surface area contributed by atoms with Crippen molar-refractivity contribution in [3.05, 3.63) is 70.4 Å². The number of hydrogen-bond acceptors (Lipinski definition) is 4. The Kier molecular flexibility index (Phi) is 6.34. The Labute approximate surface area is 199 Å². The molecule has 2 heterocycles. The number of carbonyl (C=O) groups is 1. The Balaban J connectivity index is 1.66. The van der Waals surface area contributed by atoms with E-state index in [1.807, 2.05) is 0 Å². The highest BCUT2D eigenvalue weighted by molar-refractivity contribution is 6.36. The van der Waals surface area contributed by atoms with Crippen molar-refractivity contribution in [2.45, 2.75) is 30.9 Å². The van der Waals surface area contributed by atoms with Crippen molar-refractivity contribution >= 4 is 29.0 Å². The molecule has 0 unspecified atom stereocenters. The molecule has 2 aromatic carbocycles. The van der Waals surface area contributed by atoms with Crippen LogP contribution in [0, 0.1) is 0 Å². The van der Waals surface area contributed by atoms with Gasteiger partial charge in [0, 0.05) is 12.1 Å². The van der Waals surface area contributed by atoms with Crippen molar-refractivity contribution < 1.29 is 35.9 Å². The van der Waals surface area contributed by atoms with E-state index in [-0.39, 0.29) is 16.5 Å². The molecule has 0 bridgehead atoms. The van der Waals surface area contributed by atoms with Crippen molar-refractivity contribution in [1.82, 2.24) is 9.78 Å². The van der Waals surface area contributed by atoms with E-state index in [9.17, 15) is 31.1 Å². The van der Waals surface area contributed by atoms with E-state index in [0.717, 1.165) is 12.1 Å². The van der Waals surface area contributed by atoms with Gasteiger partial charge < -0.3 is 15.4 Å². The minimum absolute atomic E-state index is 0.219. The maximum atomic E-state index is 13.9. The molecule has 6 nitrogen and oxygen atoms in total. The van der Waals surface area contributed by atoms with Crippen LogP contribution in [0.1, 0.15) is 40.1 Å². The van der Waals surface area contributed by atoms with E-state index in [2.05, 4.69) is 15.7 Å². The fourth-order valence-electron chi connectivity index (χ4n) is 3.75. The molecule has 1 aliphatic rings. The first kappa shape index (κ1) is 24.7. The number of alkyl halides is 6. The lowest BCUT2D eigenvalue weighted by Gasteiger charge is -2.33. The first-order valence-electron chi connectivity index (χ1n) is 10.1. The summed E-state index contributed by atoms with van der Waals surface area (Å²) < 4.78 is 86.2. The third-order valence-electron chi connectivity index (χ3n) is 5.48. The maximum absolute atomic E-state index is 13.9. The van der Waals surface area contributed by atoms with E-state index in [1.165, 1.54) is 13.2 Å². The molecule has 0 spiro atoms. The fourth-order valence-corrected chi connectivity index (χ4v) is 4.02. The molecule has 3 aromatic rings. The number of aromatic nitrogens is 2. The normalized spacial score (nSPS) is 17.9. The van der Waals surface area contributed by atoms with Crippen LogP contribution in [0.3, 0.4) is 0 Å². The predicted octanol–water partition coefficient (Wildman–Crippen LogP) is 6.48. The number of nitrogens with zero attached hydrogens (tertiary/aromatic N) is 2. The lowest BCUT2D eigenvalue weighted by Crippen LogP contribution is -2.35. The first-order chi connectivity index (χ1) is 16.4. The summed E-state index contributed by atoms with van der Waals surface area (Å²) in [5.74, 6) is -0.760. The van der Waals surface area contributed by atoms with Gasteiger partial charge in [-0.2, -0.15) is 31.4 Å². The van der Waals surface area contributed by atoms with Crippen LogP contribution >= 0.6 is 11.6 Å². The van der Waals surface area contributed by atoms with Crippen molar-refractivity contribution in [3.8, 4) is 5.75 Å². The van der Waals surface area contributed by atoms with Crippen LogP contribution in [0.4, 0.5) is 37.8 Å². The average molecular weight is 519 g/mol. The molecule has 1 aromatic heterocycles. The highest BCUT2D eigenvalue weighted by atomic mass is 35.5. The average Bonchev–Trinajstić information content (AvgIpc) is 3.14. The largest absolute Gasteiger partial charge is 0.497 e. The highest BCUT2D eigenvalue weighted by Gasteiger charge is 2.48. The highest BCUT2D eigenvalue weighted by Crippen LogP contribution is 2.46. The third-order valence-corrected chi connectivity index (χ3v) is 5.83. The monoisotopic (exact) mass is 518 g/mol. The molecule has 35 heavy (non-hydrogen) atoms. The minimum Gasteiger partial charge on any atom is -0.497 e. The number of benzene rings is 2. The van der Waals surface area contributed by atoms with E-state index >= 15 is 0 Å². The Morgan fingerprint density at radius 3 is 2.43 bits per heavy atom. The SMILES string of the molecule is COc1ccc([C@H]2C[C@@H](C(F)(F)F)n3nc(C(=O)Nc4cccc(C(F)(F)F)c4)c(Cl)c3N2)cc1. The van der Waals surface area contributed by atoms with Gasteiger partial charge in [-0.05, 0) is 35.9 Å². The number of anilines is 2. The zero-order chi connectivity index (χ0) is 25.5. The van der Waals surface area contributed by atoms with Gasteiger partial charge in [0.2, 0.25) is 0 Å². The summed E-state index contributed by atoms with van der Waals surface area (Å²) in [6, 6.07) is 7.28. The van der Waals surface area contributed by atoms with Gasteiger partial charge in [0.25, 0.3) is 5.91 Å². The number of carbonyl (C=O) groups excluding carboxylic acids is 1. The van der Waals surface area contributed by atoms with Gasteiger partial charge in [0.1, 0.15) is 16.6 Å². The van der Waals surface area contributed by atoms with Gasteiger partial charge >= 0.3 is 12.4 Å². The smallest absolute Gasteiger partial charge is 0.416 e. The summed E-state index contributed by atoms with van der Waals surface area (Å²) >= 11 is 6.25.